The van der Waals surface area contributed by atoms with Gasteiger partial charge in [-0.25, -0.2) is 0 Å². The molecular formula is C15H18O2. The summed E-state index contributed by atoms with van der Waals surface area (Å²) in [6.45, 7) is 7.86. The lowest BCUT2D eigenvalue weighted by Crippen LogP contribution is -2.27. The Balaban J connectivity index is 2.76. The van der Waals surface area contributed by atoms with Crippen LogP contribution in [-0.2, 0) is 0 Å². The molecule has 1 aromatic carbocycles. The Kier molecular flexibility index (Phi) is 2.90. The first kappa shape index (κ1) is 12.0. The number of carbonyl (C=O) groups excluding carboxylic acids is 2. The number of ketones is 2. The van der Waals surface area contributed by atoms with E-state index in [9.17, 15) is 9.59 Å². The van der Waals surface area contributed by atoms with Crippen molar-refractivity contribution in [2.24, 2.45) is 5.92 Å². The lowest BCUT2D eigenvalue weighted by molar-refractivity contribution is 0.0833. The predicted molar refractivity (Wildman–Crippen MR) is 67.7 cm³/mol. The average Bonchev–Trinajstić information content (AvgIpc) is 2.25. The van der Waals surface area contributed by atoms with E-state index in [1.807, 2.05) is 26.0 Å². The summed E-state index contributed by atoms with van der Waals surface area (Å²) < 4.78 is 0. The molecule has 0 fully saturated rings. The molecule has 0 spiro atoms. The van der Waals surface area contributed by atoms with Crippen LogP contribution < -0.4 is 0 Å². The van der Waals surface area contributed by atoms with E-state index in [0.29, 0.717) is 17.5 Å². The molecule has 0 saturated carbocycles. The molecule has 90 valence electrons. The third kappa shape index (κ3) is 1.82. The monoisotopic (exact) mass is 230 g/mol. The summed E-state index contributed by atoms with van der Waals surface area (Å²) >= 11 is 0. The van der Waals surface area contributed by atoms with Crippen LogP contribution in [0.25, 0.3) is 0 Å². The Bertz CT molecular complexity index is 498. The number of fused-ring (bicyclic) bond motifs is 1. The molecule has 0 unspecified atom stereocenters. The first-order valence-electron chi connectivity index (χ1n) is 6.14. The van der Waals surface area contributed by atoms with Crippen LogP contribution in [-0.4, -0.2) is 11.6 Å². The normalized spacial score (nSPS) is 19.7. The van der Waals surface area contributed by atoms with Gasteiger partial charge < -0.3 is 0 Å². The second-order valence-corrected chi connectivity index (χ2v) is 5.27. The zero-order chi connectivity index (χ0) is 12.7. The van der Waals surface area contributed by atoms with Crippen molar-refractivity contribution < 1.29 is 9.59 Å². The largest absolute Gasteiger partial charge is 0.294 e. The van der Waals surface area contributed by atoms with Crippen LogP contribution in [0, 0.1) is 12.8 Å². The molecule has 1 aliphatic carbocycles. The maximum atomic E-state index is 12.3. The quantitative estimate of drug-likeness (QED) is 0.739. The number of aryl methyl sites for hydroxylation is 1. The smallest absolute Gasteiger partial charge is 0.167 e. The molecular weight excluding hydrogens is 212 g/mol. The van der Waals surface area contributed by atoms with Gasteiger partial charge in [0.25, 0.3) is 0 Å². The number of benzene rings is 1. The molecule has 0 saturated heterocycles. The average molecular weight is 230 g/mol. The summed E-state index contributed by atoms with van der Waals surface area (Å²) in [5.41, 5.74) is 3.29. The minimum absolute atomic E-state index is 0.118. The predicted octanol–water partition coefficient (Wildman–Crippen LogP) is 3.52. The van der Waals surface area contributed by atoms with E-state index in [0.717, 1.165) is 11.1 Å². The standard InChI is InChI=1S/C15H18O2/c1-8(2)11-6-5-9(3)13-12(16)7-10(4)15(17)14(11)13/h5-6,8,10H,7H2,1-4H3/t10-/m1/s1. The van der Waals surface area contributed by atoms with Gasteiger partial charge in [0.05, 0.1) is 0 Å². The van der Waals surface area contributed by atoms with Gasteiger partial charge in [-0.1, -0.05) is 32.9 Å². The minimum atomic E-state index is -0.172. The molecule has 0 aliphatic heterocycles. The summed E-state index contributed by atoms with van der Waals surface area (Å²) in [6, 6.07) is 3.94. The number of hydrogen-bond donors (Lipinski definition) is 0. The maximum absolute atomic E-state index is 12.3. The van der Waals surface area contributed by atoms with E-state index in [-0.39, 0.29) is 23.4 Å². The molecule has 1 aliphatic rings. The van der Waals surface area contributed by atoms with E-state index in [2.05, 4.69) is 13.8 Å². The van der Waals surface area contributed by atoms with Crippen LogP contribution in [0.1, 0.15) is 65.0 Å². The van der Waals surface area contributed by atoms with E-state index in [4.69, 9.17) is 0 Å². The SMILES string of the molecule is Cc1ccc(C(C)C)c2c1C(=O)C[C@@H](C)C2=O. The highest BCUT2D eigenvalue weighted by Gasteiger charge is 2.33. The van der Waals surface area contributed by atoms with E-state index < -0.39 is 0 Å². The van der Waals surface area contributed by atoms with Crippen molar-refractivity contribution in [2.45, 2.75) is 40.0 Å². The third-order valence-corrected chi connectivity index (χ3v) is 3.53. The molecule has 0 aromatic heterocycles. The van der Waals surface area contributed by atoms with Crippen molar-refractivity contribution in [2.75, 3.05) is 0 Å². The molecule has 2 rings (SSSR count). The second-order valence-electron chi connectivity index (χ2n) is 5.27. The van der Waals surface area contributed by atoms with E-state index in [1.54, 1.807) is 0 Å². The lowest BCUT2D eigenvalue weighted by Gasteiger charge is -2.24. The maximum Gasteiger partial charge on any atom is 0.167 e. The number of hydrogen-bond acceptors (Lipinski definition) is 2. The number of Topliss-reactive ketones (excluding diaryl/α,β-unsaturated/α-hetero) is 2. The van der Waals surface area contributed by atoms with Gasteiger partial charge in [0.15, 0.2) is 11.6 Å². The first-order chi connectivity index (χ1) is 7.93. The van der Waals surface area contributed by atoms with Crippen LogP contribution in [0.3, 0.4) is 0 Å². The Morgan fingerprint density at radius 1 is 1.18 bits per heavy atom. The Labute approximate surface area is 102 Å². The molecule has 1 aromatic rings. The lowest BCUT2D eigenvalue weighted by atomic mass is 9.77. The fourth-order valence-electron chi connectivity index (χ4n) is 2.55. The van der Waals surface area contributed by atoms with Crippen molar-refractivity contribution in [1.29, 1.82) is 0 Å². The zero-order valence-corrected chi connectivity index (χ0v) is 10.8. The van der Waals surface area contributed by atoms with Gasteiger partial charge in [-0.2, -0.15) is 0 Å². The molecule has 2 nitrogen and oxygen atoms in total. The van der Waals surface area contributed by atoms with Crippen LogP contribution >= 0.6 is 0 Å². The highest BCUT2D eigenvalue weighted by Crippen LogP contribution is 2.33. The van der Waals surface area contributed by atoms with Crippen LogP contribution in [0.5, 0.6) is 0 Å². The fourth-order valence-corrected chi connectivity index (χ4v) is 2.55. The van der Waals surface area contributed by atoms with Crippen LogP contribution in [0.2, 0.25) is 0 Å². The highest BCUT2D eigenvalue weighted by atomic mass is 16.1. The van der Waals surface area contributed by atoms with Gasteiger partial charge in [-0.05, 0) is 24.0 Å². The zero-order valence-electron chi connectivity index (χ0n) is 10.8. The molecule has 2 heteroatoms. The number of carbonyl (C=O) groups is 2. The molecule has 0 radical (unpaired) electrons. The highest BCUT2D eigenvalue weighted by molar-refractivity contribution is 6.16. The molecule has 0 N–H and O–H groups in total. The van der Waals surface area contributed by atoms with Gasteiger partial charge in [-0.15, -0.1) is 0 Å². The summed E-state index contributed by atoms with van der Waals surface area (Å²) in [6.07, 6.45) is 0.355. The molecule has 17 heavy (non-hydrogen) atoms. The summed E-state index contributed by atoms with van der Waals surface area (Å²) in [5, 5.41) is 0. The first-order valence-corrected chi connectivity index (χ1v) is 6.14. The van der Waals surface area contributed by atoms with E-state index in [1.165, 1.54) is 0 Å². The topological polar surface area (TPSA) is 34.1 Å². The molecule has 1 atom stereocenters. The van der Waals surface area contributed by atoms with Gasteiger partial charge in [0.1, 0.15) is 0 Å². The molecule has 0 bridgehead atoms. The molecule has 0 heterocycles. The van der Waals surface area contributed by atoms with Crippen molar-refractivity contribution in [3.05, 3.63) is 34.4 Å². The van der Waals surface area contributed by atoms with Crippen molar-refractivity contribution in [3.8, 4) is 0 Å². The Hall–Kier alpha value is -1.44. The number of rotatable bonds is 1. The Morgan fingerprint density at radius 2 is 1.82 bits per heavy atom. The molecule has 0 amide bonds. The van der Waals surface area contributed by atoms with Crippen molar-refractivity contribution >= 4 is 11.6 Å². The van der Waals surface area contributed by atoms with E-state index >= 15 is 0 Å². The van der Waals surface area contributed by atoms with Gasteiger partial charge in [0.2, 0.25) is 0 Å². The fraction of sp³-hybridized carbons (Fsp3) is 0.467. The van der Waals surface area contributed by atoms with Gasteiger partial charge in [0, 0.05) is 23.5 Å². The van der Waals surface area contributed by atoms with Crippen molar-refractivity contribution in [3.63, 3.8) is 0 Å². The van der Waals surface area contributed by atoms with Gasteiger partial charge in [-0.3, -0.25) is 9.59 Å². The Morgan fingerprint density at radius 3 is 2.41 bits per heavy atom. The second kappa shape index (κ2) is 4.10. The van der Waals surface area contributed by atoms with Gasteiger partial charge >= 0.3 is 0 Å². The third-order valence-electron chi connectivity index (χ3n) is 3.53. The summed E-state index contributed by atoms with van der Waals surface area (Å²) in [5.74, 6) is 0.347. The van der Waals surface area contributed by atoms with Crippen LogP contribution in [0.15, 0.2) is 12.1 Å². The minimum Gasteiger partial charge on any atom is -0.294 e. The summed E-state index contributed by atoms with van der Waals surface area (Å²) in [7, 11) is 0. The van der Waals surface area contributed by atoms with Crippen molar-refractivity contribution in [1.82, 2.24) is 0 Å². The summed E-state index contributed by atoms with van der Waals surface area (Å²) in [4.78, 5) is 24.4. The van der Waals surface area contributed by atoms with Crippen LogP contribution in [0.4, 0.5) is 0 Å².